The van der Waals surface area contributed by atoms with Gasteiger partial charge in [-0.25, -0.2) is 0 Å². The smallest absolute Gasteiger partial charge is 0.309 e. The van der Waals surface area contributed by atoms with Crippen molar-refractivity contribution in [1.29, 1.82) is 0 Å². The van der Waals surface area contributed by atoms with E-state index in [1.807, 2.05) is 32.0 Å². The summed E-state index contributed by atoms with van der Waals surface area (Å²) in [7, 11) is 0. The highest BCUT2D eigenvalue weighted by Crippen LogP contribution is 2.58. The van der Waals surface area contributed by atoms with Crippen LogP contribution in [0, 0.1) is 17.8 Å². The second-order valence-corrected chi connectivity index (χ2v) is 9.19. The molecule has 0 saturated carbocycles. The number of unbranched alkanes of at least 4 members (excludes halogenated alkanes) is 1. The molecule has 5 heteroatoms. The Balaban J connectivity index is 1.62. The van der Waals surface area contributed by atoms with Gasteiger partial charge >= 0.3 is 5.97 Å². The normalized spacial score (nSPS) is 35.4. The van der Waals surface area contributed by atoms with E-state index in [2.05, 4.69) is 24.0 Å². The van der Waals surface area contributed by atoms with Crippen molar-refractivity contribution in [1.82, 2.24) is 4.90 Å². The van der Waals surface area contributed by atoms with Crippen molar-refractivity contribution >= 4 is 11.8 Å². The van der Waals surface area contributed by atoms with Crippen LogP contribution in [0.15, 0.2) is 30.3 Å². The average molecular weight is 414 g/mol. The van der Waals surface area contributed by atoms with E-state index in [1.54, 1.807) is 0 Å². The zero-order valence-corrected chi connectivity index (χ0v) is 18.5. The van der Waals surface area contributed by atoms with Gasteiger partial charge in [-0.1, -0.05) is 57.0 Å². The molecule has 0 amide bonds. The van der Waals surface area contributed by atoms with Gasteiger partial charge in [-0.05, 0) is 38.3 Å². The van der Waals surface area contributed by atoms with E-state index < -0.39 is 5.92 Å². The van der Waals surface area contributed by atoms with Crippen LogP contribution in [-0.4, -0.2) is 47.5 Å². The van der Waals surface area contributed by atoms with Crippen molar-refractivity contribution in [3.8, 4) is 0 Å². The molecule has 3 aliphatic heterocycles. The second-order valence-electron chi connectivity index (χ2n) is 9.19. The van der Waals surface area contributed by atoms with Gasteiger partial charge in [0.15, 0.2) is 0 Å². The lowest BCUT2D eigenvalue weighted by Crippen LogP contribution is -2.61. The zero-order valence-electron chi connectivity index (χ0n) is 18.5. The van der Waals surface area contributed by atoms with Gasteiger partial charge in [-0.2, -0.15) is 0 Å². The summed E-state index contributed by atoms with van der Waals surface area (Å²) in [6.07, 6.45) is 4.94. The van der Waals surface area contributed by atoms with Crippen LogP contribution in [0.3, 0.4) is 0 Å². The third-order valence-electron chi connectivity index (χ3n) is 7.72. The first-order chi connectivity index (χ1) is 14.5. The molecule has 4 bridgehead atoms. The molecule has 1 aromatic carbocycles. The minimum atomic E-state index is -0.400. The fourth-order valence-corrected chi connectivity index (χ4v) is 6.43. The number of esters is 1. The predicted molar refractivity (Wildman–Crippen MR) is 115 cm³/mol. The highest BCUT2D eigenvalue weighted by molar-refractivity contribution is 5.92. The number of rotatable bonds is 9. The van der Waals surface area contributed by atoms with E-state index in [9.17, 15) is 9.59 Å². The summed E-state index contributed by atoms with van der Waals surface area (Å²) in [6.45, 7) is 7.75. The Morgan fingerprint density at radius 2 is 2.03 bits per heavy atom. The molecule has 3 saturated heterocycles. The molecule has 164 valence electrons. The number of carbonyl (C=O) groups is 2. The van der Waals surface area contributed by atoms with Gasteiger partial charge in [0.2, 0.25) is 0 Å². The summed E-state index contributed by atoms with van der Waals surface area (Å²) in [5.41, 5.74) is 0.965. The number of hydrogen-bond donors (Lipinski definition) is 0. The van der Waals surface area contributed by atoms with E-state index in [-0.39, 0.29) is 41.3 Å². The van der Waals surface area contributed by atoms with Gasteiger partial charge in [0, 0.05) is 17.9 Å². The largest absolute Gasteiger partial charge is 0.466 e. The monoisotopic (exact) mass is 413 g/mol. The van der Waals surface area contributed by atoms with Gasteiger partial charge in [0.1, 0.15) is 5.78 Å². The number of benzene rings is 1. The minimum absolute atomic E-state index is 0.0325. The lowest BCUT2D eigenvalue weighted by atomic mass is 9.69. The maximum atomic E-state index is 13.7. The Labute approximate surface area is 180 Å². The van der Waals surface area contributed by atoms with Crippen molar-refractivity contribution in [3.63, 3.8) is 0 Å². The van der Waals surface area contributed by atoms with Gasteiger partial charge in [0.05, 0.1) is 30.8 Å². The van der Waals surface area contributed by atoms with Crippen molar-refractivity contribution in [2.24, 2.45) is 17.8 Å². The van der Waals surface area contributed by atoms with E-state index in [1.165, 1.54) is 0 Å². The summed E-state index contributed by atoms with van der Waals surface area (Å²) in [5, 5.41) is 0. The van der Waals surface area contributed by atoms with E-state index in [0.29, 0.717) is 13.2 Å². The number of nitrogens with zero attached hydrogens (tertiary/aromatic N) is 1. The molecule has 0 spiro atoms. The molecular weight excluding hydrogens is 378 g/mol. The molecule has 0 aliphatic carbocycles. The zero-order chi connectivity index (χ0) is 21.3. The van der Waals surface area contributed by atoms with E-state index in [4.69, 9.17) is 9.47 Å². The van der Waals surface area contributed by atoms with Crippen LogP contribution in [0.1, 0.15) is 58.4 Å². The summed E-state index contributed by atoms with van der Waals surface area (Å²) < 4.78 is 11.8. The number of Topliss-reactive ketones (excluding diaryl/α,β-unsaturated/α-hetero) is 1. The lowest BCUT2D eigenvalue weighted by Gasteiger charge is -2.48. The van der Waals surface area contributed by atoms with Gasteiger partial charge < -0.3 is 9.47 Å². The molecule has 0 N–H and O–H groups in total. The topological polar surface area (TPSA) is 55.8 Å². The summed E-state index contributed by atoms with van der Waals surface area (Å²) in [5.74, 6) is -0.688. The van der Waals surface area contributed by atoms with Gasteiger partial charge in [-0.15, -0.1) is 0 Å². The molecular formula is C25H35NO4. The molecule has 0 aromatic heterocycles. The Kier molecular flexibility index (Phi) is 6.31. The van der Waals surface area contributed by atoms with Crippen LogP contribution in [0.5, 0.6) is 0 Å². The Morgan fingerprint density at radius 3 is 2.73 bits per heavy atom. The molecule has 30 heavy (non-hydrogen) atoms. The van der Waals surface area contributed by atoms with Crippen molar-refractivity contribution in [3.05, 3.63) is 35.9 Å². The van der Waals surface area contributed by atoms with E-state index >= 15 is 0 Å². The first kappa shape index (κ1) is 21.5. The second kappa shape index (κ2) is 8.80. The summed E-state index contributed by atoms with van der Waals surface area (Å²) >= 11 is 0. The number of piperidine rings is 1. The third-order valence-corrected chi connectivity index (χ3v) is 7.72. The highest BCUT2D eigenvalue weighted by Gasteiger charge is 2.69. The molecule has 7 atom stereocenters. The van der Waals surface area contributed by atoms with Crippen molar-refractivity contribution in [2.45, 2.75) is 77.2 Å². The molecule has 4 rings (SSSR count). The molecule has 3 aliphatic rings. The Hall–Kier alpha value is -1.72. The van der Waals surface area contributed by atoms with Gasteiger partial charge in [0.25, 0.3) is 0 Å². The number of ketones is 1. The lowest BCUT2D eigenvalue weighted by molar-refractivity contribution is -0.158. The first-order valence-electron chi connectivity index (χ1n) is 11.7. The first-order valence-corrected chi connectivity index (χ1v) is 11.7. The minimum Gasteiger partial charge on any atom is -0.466 e. The van der Waals surface area contributed by atoms with Gasteiger partial charge in [-0.3, -0.25) is 14.5 Å². The van der Waals surface area contributed by atoms with E-state index in [0.717, 1.165) is 44.2 Å². The molecule has 1 aromatic rings. The van der Waals surface area contributed by atoms with Crippen LogP contribution in [0.25, 0.3) is 0 Å². The quantitative estimate of drug-likeness (QED) is 0.573. The SMILES string of the molecule is CCCCC12C(OCc3ccccc3)CC3C(C(C)C(=O)OCC)C(=O)C1CCN32. The van der Waals surface area contributed by atoms with Crippen LogP contribution >= 0.6 is 0 Å². The summed E-state index contributed by atoms with van der Waals surface area (Å²) in [4.78, 5) is 28.8. The standard InChI is InChI=1S/C25H35NO4/c1-4-6-13-25-19-12-14-26(25)20(22(23(19)27)17(3)24(28)29-5-2)15-21(25)30-16-18-10-8-7-9-11-18/h7-11,17,19-22H,4-6,12-16H2,1-3H3. The van der Waals surface area contributed by atoms with Crippen molar-refractivity contribution in [2.75, 3.05) is 13.2 Å². The summed E-state index contributed by atoms with van der Waals surface area (Å²) in [6, 6.07) is 10.3. The molecule has 3 heterocycles. The molecule has 5 nitrogen and oxygen atoms in total. The average Bonchev–Trinajstić information content (AvgIpc) is 3.19. The van der Waals surface area contributed by atoms with Crippen LogP contribution < -0.4 is 0 Å². The molecule has 7 unspecified atom stereocenters. The Bertz CT molecular complexity index is 766. The fraction of sp³-hybridized carbons (Fsp3) is 0.680. The number of hydrogen-bond acceptors (Lipinski definition) is 5. The fourth-order valence-electron chi connectivity index (χ4n) is 6.43. The van der Waals surface area contributed by atoms with Crippen LogP contribution in [0.2, 0.25) is 0 Å². The van der Waals surface area contributed by atoms with Crippen LogP contribution in [0.4, 0.5) is 0 Å². The molecule has 3 fully saturated rings. The maximum absolute atomic E-state index is 13.7. The Morgan fingerprint density at radius 1 is 1.27 bits per heavy atom. The van der Waals surface area contributed by atoms with Crippen molar-refractivity contribution < 1.29 is 19.1 Å². The number of carbonyl (C=O) groups excluding carboxylic acids is 2. The predicted octanol–water partition coefficient (Wildman–Crippen LogP) is 3.99. The maximum Gasteiger partial charge on any atom is 0.309 e. The molecule has 0 radical (unpaired) electrons. The number of ether oxygens (including phenoxy) is 2. The van der Waals surface area contributed by atoms with Crippen LogP contribution in [-0.2, 0) is 25.7 Å². The third kappa shape index (κ3) is 3.40. The highest BCUT2D eigenvalue weighted by atomic mass is 16.5.